The van der Waals surface area contributed by atoms with Crippen LogP contribution in [0.1, 0.15) is 30.9 Å². The molecule has 0 radical (unpaired) electrons. The molecule has 0 bridgehead atoms. The number of ether oxygens (including phenoxy) is 2. The molecule has 0 fully saturated rings. The predicted octanol–water partition coefficient (Wildman–Crippen LogP) is 2.48. The molecule has 0 aliphatic carbocycles. The standard InChI is InChI=1S/C21H25N3O4/c1-27-15-7-13-22-18(25)11-6-14-24-20-17(10-5-12-23-20)28-19(21(24)26)16-8-3-2-4-9-16/h2-5,8-10,12,19H,6-7,11,13-15H2,1H3,(H,22,25)/t19-/m0/s1. The highest BCUT2D eigenvalue weighted by atomic mass is 16.5. The van der Waals surface area contributed by atoms with Gasteiger partial charge in [-0.15, -0.1) is 0 Å². The number of nitrogens with one attached hydrogen (secondary N) is 1. The van der Waals surface area contributed by atoms with Crippen LogP contribution in [-0.2, 0) is 14.3 Å². The first-order chi connectivity index (χ1) is 13.7. The predicted molar refractivity (Wildman–Crippen MR) is 105 cm³/mol. The van der Waals surface area contributed by atoms with E-state index in [1.54, 1.807) is 30.3 Å². The quantitative estimate of drug-likeness (QED) is 0.673. The van der Waals surface area contributed by atoms with Gasteiger partial charge in [-0.25, -0.2) is 4.98 Å². The minimum atomic E-state index is -0.708. The maximum atomic E-state index is 13.1. The molecule has 0 saturated carbocycles. The highest BCUT2D eigenvalue weighted by Crippen LogP contribution is 2.37. The third kappa shape index (κ3) is 4.86. The first kappa shape index (κ1) is 19.8. The number of aromatic nitrogens is 1. The lowest BCUT2D eigenvalue weighted by atomic mass is 10.1. The van der Waals surface area contributed by atoms with Gasteiger partial charge >= 0.3 is 0 Å². The van der Waals surface area contributed by atoms with Crippen LogP contribution in [-0.4, -0.2) is 43.6 Å². The van der Waals surface area contributed by atoms with Crippen LogP contribution in [0.4, 0.5) is 5.82 Å². The maximum absolute atomic E-state index is 13.1. The van der Waals surface area contributed by atoms with Crippen molar-refractivity contribution in [2.45, 2.75) is 25.4 Å². The molecule has 1 atom stereocenters. The molecule has 1 aliphatic heterocycles. The normalized spacial score (nSPS) is 15.7. The number of fused-ring (bicyclic) bond motifs is 1. The van der Waals surface area contributed by atoms with Crippen molar-refractivity contribution in [1.82, 2.24) is 10.3 Å². The molecule has 0 unspecified atom stereocenters. The Bertz CT molecular complexity index is 797. The van der Waals surface area contributed by atoms with E-state index in [0.29, 0.717) is 44.1 Å². The van der Waals surface area contributed by atoms with E-state index in [-0.39, 0.29) is 11.8 Å². The number of rotatable bonds is 9. The van der Waals surface area contributed by atoms with Crippen LogP contribution in [0.25, 0.3) is 0 Å². The summed E-state index contributed by atoms with van der Waals surface area (Å²) < 4.78 is 10.9. The van der Waals surface area contributed by atoms with Gasteiger partial charge in [0.2, 0.25) is 12.0 Å². The third-order valence-corrected chi connectivity index (χ3v) is 4.48. The van der Waals surface area contributed by atoms with Crippen molar-refractivity contribution in [3.05, 3.63) is 54.2 Å². The summed E-state index contributed by atoms with van der Waals surface area (Å²) in [5.74, 6) is 0.871. The van der Waals surface area contributed by atoms with Crippen molar-refractivity contribution in [2.24, 2.45) is 0 Å². The molecule has 148 valence electrons. The SMILES string of the molecule is COCCCNC(=O)CCCN1C(=O)[C@H](c2ccccc2)Oc2cccnc21. The lowest BCUT2D eigenvalue weighted by molar-refractivity contribution is -0.127. The molecule has 2 amide bonds. The van der Waals surface area contributed by atoms with Crippen molar-refractivity contribution in [2.75, 3.05) is 31.7 Å². The molecule has 7 nitrogen and oxygen atoms in total. The molecular weight excluding hydrogens is 358 g/mol. The van der Waals surface area contributed by atoms with Gasteiger partial charge in [0.25, 0.3) is 5.91 Å². The molecule has 2 heterocycles. The molecule has 1 N–H and O–H groups in total. The highest BCUT2D eigenvalue weighted by Gasteiger charge is 2.36. The summed E-state index contributed by atoms with van der Waals surface area (Å²) in [6.45, 7) is 1.61. The Kier molecular flexibility index (Phi) is 6.97. The van der Waals surface area contributed by atoms with E-state index in [2.05, 4.69) is 10.3 Å². The largest absolute Gasteiger partial charge is 0.472 e. The van der Waals surface area contributed by atoms with Crippen LogP contribution >= 0.6 is 0 Å². The van der Waals surface area contributed by atoms with Crippen molar-refractivity contribution in [3.8, 4) is 5.75 Å². The zero-order chi connectivity index (χ0) is 19.8. The smallest absolute Gasteiger partial charge is 0.274 e. The Hall–Kier alpha value is -2.93. The average Bonchev–Trinajstić information content (AvgIpc) is 2.73. The minimum Gasteiger partial charge on any atom is -0.472 e. The van der Waals surface area contributed by atoms with Crippen LogP contribution in [0.15, 0.2) is 48.7 Å². The monoisotopic (exact) mass is 383 g/mol. The van der Waals surface area contributed by atoms with Gasteiger partial charge in [0.15, 0.2) is 11.6 Å². The van der Waals surface area contributed by atoms with Crippen molar-refractivity contribution >= 4 is 17.6 Å². The van der Waals surface area contributed by atoms with Crippen LogP contribution < -0.4 is 15.0 Å². The van der Waals surface area contributed by atoms with Crippen molar-refractivity contribution in [1.29, 1.82) is 0 Å². The molecule has 1 aromatic heterocycles. The van der Waals surface area contributed by atoms with Crippen LogP contribution in [0.5, 0.6) is 5.75 Å². The third-order valence-electron chi connectivity index (χ3n) is 4.48. The number of anilines is 1. The summed E-state index contributed by atoms with van der Waals surface area (Å²) in [6.07, 6.45) is 2.59. The first-order valence-electron chi connectivity index (χ1n) is 9.44. The summed E-state index contributed by atoms with van der Waals surface area (Å²) in [7, 11) is 1.63. The molecule has 0 spiro atoms. The Labute approximate surface area is 164 Å². The minimum absolute atomic E-state index is 0.0299. The van der Waals surface area contributed by atoms with Gasteiger partial charge in [0.1, 0.15) is 0 Å². The van der Waals surface area contributed by atoms with Crippen molar-refractivity contribution < 1.29 is 19.1 Å². The molecule has 1 aromatic carbocycles. The Morgan fingerprint density at radius 1 is 1.21 bits per heavy atom. The van der Waals surface area contributed by atoms with Crippen LogP contribution in [0.3, 0.4) is 0 Å². The first-order valence-corrected chi connectivity index (χ1v) is 9.44. The highest BCUT2D eigenvalue weighted by molar-refractivity contribution is 5.99. The summed E-state index contributed by atoms with van der Waals surface area (Å²) in [5, 5.41) is 2.86. The van der Waals surface area contributed by atoms with E-state index < -0.39 is 6.10 Å². The zero-order valence-electron chi connectivity index (χ0n) is 16.0. The number of carbonyl (C=O) groups excluding carboxylic acids is 2. The number of methoxy groups -OCH3 is 1. The molecule has 7 heteroatoms. The summed E-state index contributed by atoms with van der Waals surface area (Å²) in [4.78, 5) is 31.0. The number of carbonyl (C=O) groups is 2. The van der Waals surface area contributed by atoms with Crippen LogP contribution in [0.2, 0.25) is 0 Å². The Morgan fingerprint density at radius 3 is 2.82 bits per heavy atom. The number of amides is 2. The summed E-state index contributed by atoms with van der Waals surface area (Å²) >= 11 is 0. The zero-order valence-corrected chi connectivity index (χ0v) is 16.0. The lowest BCUT2D eigenvalue weighted by Crippen LogP contribution is -2.42. The van der Waals surface area contributed by atoms with E-state index in [9.17, 15) is 9.59 Å². The summed E-state index contributed by atoms with van der Waals surface area (Å²) in [5.41, 5.74) is 0.794. The van der Waals surface area contributed by atoms with Gasteiger partial charge in [-0.2, -0.15) is 0 Å². The molecule has 2 aromatic rings. The van der Waals surface area contributed by atoms with Crippen molar-refractivity contribution in [3.63, 3.8) is 0 Å². The summed E-state index contributed by atoms with van der Waals surface area (Å²) in [6, 6.07) is 13.0. The number of benzene rings is 1. The van der Waals surface area contributed by atoms with E-state index >= 15 is 0 Å². The van der Waals surface area contributed by atoms with E-state index in [0.717, 1.165) is 12.0 Å². The Balaban J connectivity index is 1.64. The van der Waals surface area contributed by atoms with E-state index in [1.807, 2.05) is 30.3 Å². The Morgan fingerprint density at radius 2 is 2.04 bits per heavy atom. The fourth-order valence-corrected chi connectivity index (χ4v) is 3.09. The van der Waals surface area contributed by atoms with Gasteiger partial charge in [0, 0.05) is 45.0 Å². The number of hydrogen-bond donors (Lipinski definition) is 1. The fraction of sp³-hybridized carbons (Fsp3) is 0.381. The average molecular weight is 383 g/mol. The second kappa shape index (κ2) is 9.85. The molecule has 0 saturated heterocycles. The van der Waals surface area contributed by atoms with Gasteiger partial charge in [-0.1, -0.05) is 30.3 Å². The second-order valence-corrected chi connectivity index (χ2v) is 6.52. The van der Waals surface area contributed by atoms with E-state index in [4.69, 9.17) is 9.47 Å². The number of hydrogen-bond acceptors (Lipinski definition) is 5. The molecular formula is C21H25N3O4. The lowest BCUT2D eigenvalue weighted by Gasteiger charge is -2.33. The molecule has 28 heavy (non-hydrogen) atoms. The van der Waals surface area contributed by atoms with E-state index in [1.165, 1.54) is 0 Å². The second-order valence-electron chi connectivity index (χ2n) is 6.52. The van der Waals surface area contributed by atoms with Crippen LogP contribution in [0, 0.1) is 0 Å². The topological polar surface area (TPSA) is 80.8 Å². The van der Waals surface area contributed by atoms with Gasteiger partial charge < -0.3 is 14.8 Å². The maximum Gasteiger partial charge on any atom is 0.274 e. The van der Waals surface area contributed by atoms with Gasteiger partial charge in [-0.05, 0) is 25.0 Å². The number of nitrogens with zero attached hydrogens (tertiary/aromatic N) is 2. The van der Waals surface area contributed by atoms with Gasteiger partial charge in [0.05, 0.1) is 0 Å². The van der Waals surface area contributed by atoms with Gasteiger partial charge in [-0.3, -0.25) is 14.5 Å². The number of pyridine rings is 1. The molecule has 1 aliphatic rings. The molecule has 3 rings (SSSR count). The fourth-order valence-electron chi connectivity index (χ4n) is 3.09.